The molecule has 1 aromatic rings. The first kappa shape index (κ1) is 17.9. The van der Waals surface area contributed by atoms with E-state index in [1.807, 2.05) is 23.4 Å². The number of pyridine rings is 1. The minimum atomic E-state index is -0.202. The molecule has 0 aromatic carbocycles. The summed E-state index contributed by atoms with van der Waals surface area (Å²) in [4.78, 5) is 21.1. The number of likely N-dealkylation sites (tertiary alicyclic amines) is 1. The first-order chi connectivity index (χ1) is 12.7. The lowest BCUT2D eigenvalue weighted by atomic mass is 9.87. The van der Waals surface area contributed by atoms with E-state index in [-0.39, 0.29) is 17.6 Å². The van der Waals surface area contributed by atoms with Gasteiger partial charge in [0.2, 0.25) is 0 Å². The van der Waals surface area contributed by atoms with E-state index in [1.54, 1.807) is 0 Å². The van der Waals surface area contributed by atoms with Crippen LogP contribution in [0.5, 0.6) is 0 Å². The molecular formula is C20H29N3O3. The van der Waals surface area contributed by atoms with Crippen LogP contribution in [0.1, 0.15) is 37.7 Å². The van der Waals surface area contributed by atoms with Crippen LogP contribution in [0.15, 0.2) is 24.5 Å². The van der Waals surface area contributed by atoms with E-state index < -0.39 is 0 Å². The van der Waals surface area contributed by atoms with Crippen molar-refractivity contribution in [2.24, 2.45) is 0 Å². The van der Waals surface area contributed by atoms with Crippen molar-refractivity contribution in [2.75, 3.05) is 33.4 Å². The SMILES string of the molecule is CN(Cc1cccnc1)[C@@H]1COC2(CCN(C(=O)[C@H]3CCCO3)CC2)C1. The normalized spacial score (nSPS) is 28.2. The van der Waals surface area contributed by atoms with Gasteiger partial charge in [0.1, 0.15) is 6.10 Å². The van der Waals surface area contributed by atoms with Crippen molar-refractivity contribution in [2.45, 2.75) is 56.4 Å². The molecule has 0 aliphatic carbocycles. The lowest BCUT2D eigenvalue weighted by Crippen LogP contribution is -2.49. The summed E-state index contributed by atoms with van der Waals surface area (Å²) in [6.45, 7) is 3.97. The quantitative estimate of drug-likeness (QED) is 0.821. The number of nitrogens with zero attached hydrogens (tertiary/aromatic N) is 3. The van der Waals surface area contributed by atoms with Gasteiger partial charge in [-0.05, 0) is 50.8 Å². The van der Waals surface area contributed by atoms with Gasteiger partial charge in [0.15, 0.2) is 0 Å². The van der Waals surface area contributed by atoms with Crippen LogP contribution in [0.4, 0.5) is 0 Å². The van der Waals surface area contributed by atoms with Crippen molar-refractivity contribution in [3.8, 4) is 0 Å². The molecule has 26 heavy (non-hydrogen) atoms. The molecule has 1 spiro atoms. The van der Waals surface area contributed by atoms with Gasteiger partial charge in [0.05, 0.1) is 12.2 Å². The fourth-order valence-corrected chi connectivity index (χ4v) is 4.47. The maximum absolute atomic E-state index is 12.5. The first-order valence-corrected chi connectivity index (χ1v) is 9.79. The second kappa shape index (κ2) is 7.62. The zero-order valence-corrected chi connectivity index (χ0v) is 15.6. The molecular weight excluding hydrogens is 330 g/mol. The molecule has 0 saturated carbocycles. The summed E-state index contributed by atoms with van der Waals surface area (Å²) in [5, 5.41) is 0. The third-order valence-corrected chi connectivity index (χ3v) is 6.16. The third kappa shape index (κ3) is 3.77. The first-order valence-electron chi connectivity index (χ1n) is 9.79. The number of aromatic nitrogens is 1. The van der Waals surface area contributed by atoms with E-state index in [4.69, 9.17) is 9.47 Å². The van der Waals surface area contributed by atoms with Crippen LogP contribution >= 0.6 is 0 Å². The summed E-state index contributed by atoms with van der Waals surface area (Å²) in [5.74, 6) is 0.181. The summed E-state index contributed by atoms with van der Waals surface area (Å²) in [5.41, 5.74) is 1.18. The Bertz CT molecular complexity index is 610. The molecule has 6 nitrogen and oxygen atoms in total. The molecule has 3 fully saturated rings. The van der Waals surface area contributed by atoms with Gasteiger partial charge >= 0.3 is 0 Å². The number of ether oxygens (including phenoxy) is 2. The lowest BCUT2D eigenvalue weighted by Gasteiger charge is -2.39. The molecule has 3 aliphatic heterocycles. The van der Waals surface area contributed by atoms with Crippen molar-refractivity contribution in [3.63, 3.8) is 0 Å². The molecule has 3 saturated heterocycles. The molecule has 0 radical (unpaired) electrons. The Kier molecular flexibility index (Phi) is 5.25. The fraction of sp³-hybridized carbons (Fsp3) is 0.700. The van der Waals surface area contributed by atoms with Crippen LogP contribution in [0, 0.1) is 0 Å². The van der Waals surface area contributed by atoms with Crippen molar-refractivity contribution in [1.82, 2.24) is 14.8 Å². The minimum Gasteiger partial charge on any atom is -0.373 e. The molecule has 1 aromatic heterocycles. The Hall–Kier alpha value is -1.50. The van der Waals surface area contributed by atoms with Crippen LogP contribution in [0.2, 0.25) is 0 Å². The standard InChI is InChI=1S/C20H29N3O3/c1-22(14-16-4-2-8-21-13-16)17-12-20(26-15-17)6-9-23(10-7-20)19(24)18-5-3-11-25-18/h2,4,8,13,17-18H,3,5-7,9-12,14-15H2,1H3/t17-,18+/m0/s1. The molecule has 6 heteroatoms. The molecule has 142 valence electrons. The lowest BCUT2D eigenvalue weighted by molar-refractivity contribution is -0.145. The number of carbonyl (C=O) groups is 1. The molecule has 4 heterocycles. The van der Waals surface area contributed by atoms with Crippen LogP contribution in [0.3, 0.4) is 0 Å². The summed E-state index contributed by atoms with van der Waals surface area (Å²) < 4.78 is 11.8. The largest absolute Gasteiger partial charge is 0.373 e. The highest BCUT2D eigenvalue weighted by Crippen LogP contribution is 2.38. The van der Waals surface area contributed by atoms with Crippen molar-refractivity contribution in [1.29, 1.82) is 0 Å². The predicted molar refractivity (Wildman–Crippen MR) is 97.6 cm³/mol. The Labute approximate surface area is 155 Å². The minimum absolute atomic E-state index is 0.0544. The molecule has 4 rings (SSSR count). The zero-order chi connectivity index (χ0) is 18.0. The Morgan fingerprint density at radius 3 is 2.96 bits per heavy atom. The summed E-state index contributed by atoms with van der Waals surface area (Å²) in [7, 11) is 2.16. The molecule has 3 aliphatic rings. The van der Waals surface area contributed by atoms with E-state index in [0.29, 0.717) is 6.04 Å². The number of piperidine rings is 1. The van der Waals surface area contributed by atoms with Gasteiger partial charge in [-0.2, -0.15) is 0 Å². The van der Waals surface area contributed by atoms with Gasteiger partial charge in [0.25, 0.3) is 5.91 Å². The Morgan fingerprint density at radius 1 is 1.42 bits per heavy atom. The summed E-state index contributed by atoms with van der Waals surface area (Å²) in [6.07, 6.45) is 8.32. The topological polar surface area (TPSA) is 54.9 Å². The van der Waals surface area contributed by atoms with Gasteiger partial charge < -0.3 is 14.4 Å². The average molecular weight is 359 g/mol. The van der Waals surface area contributed by atoms with Gasteiger partial charge in [-0.15, -0.1) is 0 Å². The highest BCUT2D eigenvalue weighted by Gasteiger charge is 2.45. The van der Waals surface area contributed by atoms with Crippen LogP contribution in [-0.4, -0.2) is 71.8 Å². The monoisotopic (exact) mass is 359 g/mol. The van der Waals surface area contributed by atoms with Crippen molar-refractivity contribution < 1.29 is 14.3 Å². The van der Waals surface area contributed by atoms with Gasteiger partial charge in [-0.1, -0.05) is 6.07 Å². The molecule has 2 atom stereocenters. The van der Waals surface area contributed by atoms with Gasteiger partial charge in [-0.3, -0.25) is 14.7 Å². The van der Waals surface area contributed by atoms with Crippen LogP contribution in [-0.2, 0) is 20.8 Å². The van der Waals surface area contributed by atoms with Crippen molar-refractivity contribution in [3.05, 3.63) is 30.1 Å². The third-order valence-electron chi connectivity index (χ3n) is 6.16. The van der Waals surface area contributed by atoms with E-state index in [9.17, 15) is 4.79 Å². The number of hydrogen-bond acceptors (Lipinski definition) is 5. The average Bonchev–Trinajstić information content (AvgIpc) is 3.33. The maximum atomic E-state index is 12.5. The second-order valence-electron chi connectivity index (χ2n) is 7.96. The molecule has 0 unspecified atom stereocenters. The highest BCUT2D eigenvalue weighted by molar-refractivity contribution is 5.81. The number of likely N-dealkylation sites (N-methyl/N-ethyl adjacent to an activating group) is 1. The summed E-state index contributed by atoms with van der Waals surface area (Å²) in [6, 6.07) is 4.52. The summed E-state index contributed by atoms with van der Waals surface area (Å²) >= 11 is 0. The number of rotatable bonds is 4. The van der Waals surface area contributed by atoms with Crippen LogP contribution in [0.25, 0.3) is 0 Å². The van der Waals surface area contributed by atoms with Gasteiger partial charge in [0, 0.05) is 44.7 Å². The Morgan fingerprint density at radius 2 is 2.27 bits per heavy atom. The highest BCUT2D eigenvalue weighted by atomic mass is 16.5. The Balaban J connectivity index is 1.29. The second-order valence-corrected chi connectivity index (χ2v) is 7.96. The zero-order valence-electron chi connectivity index (χ0n) is 15.6. The fourth-order valence-electron chi connectivity index (χ4n) is 4.47. The van der Waals surface area contributed by atoms with E-state index >= 15 is 0 Å². The van der Waals surface area contributed by atoms with Crippen LogP contribution < -0.4 is 0 Å². The van der Waals surface area contributed by atoms with Gasteiger partial charge in [-0.25, -0.2) is 0 Å². The van der Waals surface area contributed by atoms with E-state index in [0.717, 1.165) is 65.0 Å². The molecule has 0 N–H and O–H groups in total. The maximum Gasteiger partial charge on any atom is 0.251 e. The molecule has 1 amide bonds. The predicted octanol–water partition coefficient (Wildman–Crippen LogP) is 1.84. The van der Waals surface area contributed by atoms with E-state index in [1.165, 1.54) is 5.56 Å². The van der Waals surface area contributed by atoms with Crippen molar-refractivity contribution >= 4 is 5.91 Å². The molecule has 0 bridgehead atoms. The number of hydrogen-bond donors (Lipinski definition) is 0. The smallest absolute Gasteiger partial charge is 0.251 e. The van der Waals surface area contributed by atoms with E-state index in [2.05, 4.69) is 23.0 Å². The number of amides is 1. The number of carbonyl (C=O) groups excluding carboxylic acids is 1.